The summed E-state index contributed by atoms with van der Waals surface area (Å²) in [5.74, 6) is -0.705. The topological polar surface area (TPSA) is 150 Å². The number of nitrogens with one attached hydrogen (secondary N) is 4. The molecule has 238 valence electrons. The maximum atomic E-state index is 12.7. The molecule has 0 fully saturated rings. The molecule has 0 bridgehead atoms. The molecule has 1 aliphatic rings. The number of anilines is 2. The van der Waals surface area contributed by atoms with Gasteiger partial charge in [0.25, 0.3) is 5.91 Å². The van der Waals surface area contributed by atoms with Crippen LogP contribution in [0, 0.1) is 19.3 Å². The van der Waals surface area contributed by atoms with Crippen molar-refractivity contribution < 1.29 is 29.1 Å². The highest BCUT2D eigenvalue weighted by Gasteiger charge is 2.37. The zero-order chi connectivity index (χ0) is 32.4. The van der Waals surface area contributed by atoms with Crippen LogP contribution in [-0.2, 0) is 21.0 Å². The number of rotatable bonds is 14. The second-order valence-electron chi connectivity index (χ2n) is 11.8. The summed E-state index contributed by atoms with van der Waals surface area (Å²) < 4.78 is 6.00. The van der Waals surface area contributed by atoms with E-state index in [2.05, 4.69) is 26.4 Å². The lowest BCUT2D eigenvalue weighted by Crippen LogP contribution is -2.42. The van der Waals surface area contributed by atoms with Crippen molar-refractivity contribution in [3.63, 3.8) is 0 Å². The van der Waals surface area contributed by atoms with Crippen molar-refractivity contribution >= 4 is 35.0 Å². The van der Waals surface area contributed by atoms with E-state index in [1.807, 2.05) is 76.2 Å². The first-order valence-electron chi connectivity index (χ1n) is 14.9. The molecule has 11 heteroatoms. The molecule has 0 aromatic heterocycles. The third-order valence-corrected chi connectivity index (χ3v) is 7.55. The Bertz CT molecular complexity index is 1500. The number of urea groups is 1. The summed E-state index contributed by atoms with van der Waals surface area (Å²) in [7, 11) is 0. The number of carbonyl (C=O) groups excluding carboxylic acids is 2. The SMILES string of the molecule is Cc1ccc(CNC(CCNC(=O)C2CC(C(C)(C)COc3ccc(NC(=O)Nc4ccccc4C)cc3)=NO2)C(=O)O)cc1. The van der Waals surface area contributed by atoms with Crippen LogP contribution in [-0.4, -0.2) is 54.0 Å². The summed E-state index contributed by atoms with van der Waals surface area (Å²) in [5.41, 5.74) is 4.62. The number of ether oxygens (including phenoxy) is 1. The second kappa shape index (κ2) is 15.2. The number of oxime groups is 1. The lowest BCUT2D eigenvalue weighted by Gasteiger charge is -2.24. The molecular formula is C34H41N5O6. The van der Waals surface area contributed by atoms with Crippen molar-refractivity contribution in [2.24, 2.45) is 10.6 Å². The number of amides is 3. The number of carboxylic acids is 1. The van der Waals surface area contributed by atoms with Crippen LogP contribution in [0.25, 0.3) is 0 Å². The Kier molecular flexibility index (Phi) is 11.2. The maximum absolute atomic E-state index is 12.7. The average Bonchev–Trinajstić information content (AvgIpc) is 3.52. The van der Waals surface area contributed by atoms with Crippen molar-refractivity contribution in [2.45, 2.75) is 59.2 Å². The number of aryl methyl sites for hydroxylation is 2. The van der Waals surface area contributed by atoms with Crippen LogP contribution >= 0.6 is 0 Å². The van der Waals surface area contributed by atoms with Gasteiger partial charge in [-0.3, -0.25) is 9.59 Å². The fourth-order valence-corrected chi connectivity index (χ4v) is 4.61. The fourth-order valence-electron chi connectivity index (χ4n) is 4.61. The maximum Gasteiger partial charge on any atom is 0.323 e. The zero-order valence-corrected chi connectivity index (χ0v) is 26.1. The van der Waals surface area contributed by atoms with Crippen LogP contribution in [0.5, 0.6) is 5.75 Å². The molecule has 0 spiro atoms. The first-order chi connectivity index (χ1) is 21.5. The van der Waals surface area contributed by atoms with Crippen molar-refractivity contribution in [3.8, 4) is 5.75 Å². The molecule has 4 rings (SSSR count). The molecule has 0 saturated heterocycles. The molecule has 45 heavy (non-hydrogen) atoms. The van der Waals surface area contributed by atoms with E-state index in [-0.39, 0.29) is 31.5 Å². The van der Waals surface area contributed by atoms with Crippen molar-refractivity contribution in [1.82, 2.24) is 10.6 Å². The number of hydrogen-bond donors (Lipinski definition) is 5. The van der Waals surface area contributed by atoms with Gasteiger partial charge in [-0.15, -0.1) is 0 Å². The van der Waals surface area contributed by atoms with Crippen LogP contribution in [0.3, 0.4) is 0 Å². The van der Waals surface area contributed by atoms with Gasteiger partial charge in [0.1, 0.15) is 11.8 Å². The van der Waals surface area contributed by atoms with E-state index in [1.54, 1.807) is 24.3 Å². The van der Waals surface area contributed by atoms with Gasteiger partial charge in [-0.05, 0) is 61.7 Å². The number of aliphatic carboxylic acids is 1. The summed E-state index contributed by atoms with van der Waals surface area (Å²) in [6.45, 7) is 8.71. The van der Waals surface area contributed by atoms with Gasteiger partial charge in [0.05, 0.1) is 12.3 Å². The van der Waals surface area contributed by atoms with Crippen molar-refractivity contribution in [3.05, 3.63) is 89.5 Å². The predicted molar refractivity (Wildman–Crippen MR) is 174 cm³/mol. The molecular weight excluding hydrogens is 574 g/mol. The zero-order valence-electron chi connectivity index (χ0n) is 26.1. The van der Waals surface area contributed by atoms with Gasteiger partial charge in [0.2, 0.25) is 6.10 Å². The standard InChI is InChI=1S/C34H41N5O6/c1-22-9-11-24(12-10-22)20-36-28(32(41)42)17-18-35-31(40)29-19-30(39-45-29)34(3,4)21-44-26-15-13-25(14-16-26)37-33(43)38-27-8-6-5-7-23(27)2/h5-16,28-29,36H,17-21H2,1-4H3,(H,35,40)(H,41,42)(H2,37,38,43). The molecule has 1 heterocycles. The Hall–Kier alpha value is -4.90. The molecule has 2 atom stereocenters. The molecule has 0 saturated carbocycles. The van der Waals surface area contributed by atoms with E-state index in [9.17, 15) is 19.5 Å². The molecule has 0 radical (unpaired) electrons. The second-order valence-corrected chi connectivity index (χ2v) is 11.8. The number of nitrogens with zero attached hydrogens (tertiary/aromatic N) is 1. The Morgan fingerprint density at radius 1 is 1.00 bits per heavy atom. The van der Waals surface area contributed by atoms with Crippen LogP contribution in [0.1, 0.15) is 43.4 Å². The van der Waals surface area contributed by atoms with E-state index in [0.29, 0.717) is 30.1 Å². The van der Waals surface area contributed by atoms with E-state index >= 15 is 0 Å². The van der Waals surface area contributed by atoms with Crippen molar-refractivity contribution in [2.75, 3.05) is 23.8 Å². The van der Waals surface area contributed by atoms with Gasteiger partial charge in [0, 0.05) is 36.3 Å². The molecule has 11 nitrogen and oxygen atoms in total. The Labute approximate surface area is 263 Å². The third-order valence-electron chi connectivity index (χ3n) is 7.55. The first-order valence-corrected chi connectivity index (χ1v) is 14.9. The molecule has 3 amide bonds. The van der Waals surface area contributed by atoms with Crippen LogP contribution in [0.15, 0.2) is 78.0 Å². The van der Waals surface area contributed by atoms with Gasteiger partial charge in [-0.25, -0.2) is 4.79 Å². The van der Waals surface area contributed by atoms with Crippen LogP contribution in [0.4, 0.5) is 16.2 Å². The fraction of sp³-hybridized carbons (Fsp3) is 0.353. The number of carboxylic acid groups (broad SMARTS) is 1. The molecule has 3 aromatic carbocycles. The van der Waals surface area contributed by atoms with Crippen LogP contribution < -0.4 is 26.0 Å². The van der Waals surface area contributed by atoms with Gasteiger partial charge >= 0.3 is 12.0 Å². The normalized spacial score (nSPS) is 14.9. The highest BCUT2D eigenvalue weighted by atomic mass is 16.6. The van der Waals surface area contributed by atoms with E-state index in [0.717, 1.165) is 22.4 Å². The molecule has 0 aliphatic carbocycles. The summed E-state index contributed by atoms with van der Waals surface area (Å²) in [6, 6.07) is 21.3. The Balaban J connectivity index is 1.18. The lowest BCUT2D eigenvalue weighted by atomic mass is 9.85. The number of carbonyl (C=O) groups is 3. The first kappa shape index (κ1) is 33.0. The van der Waals surface area contributed by atoms with Crippen LogP contribution in [0.2, 0.25) is 0 Å². The van der Waals surface area contributed by atoms with Gasteiger partial charge in [-0.2, -0.15) is 0 Å². The molecule has 3 aromatic rings. The average molecular weight is 616 g/mol. The monoisotopic (exact) mass is 615 g/mol. The van der Waals surface area contributed by atoms with Gasteiger partial charge in [0.15, 0.2) is 0 Å². The van der Waals surface area contributed by atoms with Crippen molar-refractivity contribution in [1.29, 1.82) is 0 Å². The van der Waals surface area contributed by atoms with E-state index in [1.165, 1.54) is 0 Å². The summed E-state index contributed by atoms with van der Waals surface area (Å²) in [4.78, 5) is 42.2. The lowest BCUT2D eigenvalue weighted by molar-refractivity contribution is -0.140. The Morgan fingerprint density at radius 2 is 1.71 bits per heavy atom. The van der Waals surface area contributed by atoms with Gasteiger partial charge < -0.3 is 35.9 Å². The summed E-state index contributed by atoms with van der Waals surface area (Å²) >= 11 is 0. The number of benzene rings is 3. The minimum atomic E-state index is -0.977. The number of para-hydroxylation sites is 1. The third kappa shape index (κ3) is 9.80. The Morgan fingerprint density at radius 3 is 2.40 bits per heavy atom. The minimum absolute atomic E-state index is 0.177. The minimum Gasteiger partial charge on any atom is -0.493 e. The number of hydrogen-bond acceptors (Lipinski definition) is 7. The molecule has 2 unspecified atom stereocenters. The summed E-state index contributed by atoms with van der Waals surface area (Å²) in [6.07, 6.45) is -0.271. The highest BCUT2D eigenvalue weighted by molar-refractivity contribution is 6.00. The molecule has 5 N–H and O–H groups in total. The van der Waals surface area contributed by atoms with E-state index < -0.39 is 23.5 Å². The predicted octanol–water partition coefficient (Wildman–Crippen LogP) is 5.25. The molecule has 1 aliphatic heterocycles. The highest BCUT2D eigenvalue weighted by Crippen LogP contribution is 2.28. The smallest absolute Gasteiger partial charge is 0.323 e. The quantitative estimate of drug-likeness (QED) is 0.166. The summed E-state index contributed by atoms with van der Waals surface area (Å²) in [5, 5.41) is 25.2. The van der Waals surface area contributed by atoms with E-state index in [4.69, 9.17) is 9.57 Å². The van der Waals surface area contributed by atoms with Gasteiger partial charge in [-0.1, -0.05) is 67.0 Å². The largest absolute Gasteiger partial charge is 0.493 e.